The Labute approximate surface area is 102 Å². The van der Waals surface area contributed by atoms with E-state index in [4.69, 9.17) is 0 Å². The molecule has 0 atom stereocenters. The maximum atomic E-state index is 11.3. The average molecular weight is 285 g/mol. The summed E-state index contributed by atoms with van der Waals surface area (Å²) in [5.41, 5.74) is 1.47. The first-order valence-electron chi connectivity index (χ1n) is 5.12. The van der Waals surface area contributed by atoms with Crippen LogP contribution in [0.2, 0.25) is 0 Å². The molecule has 1 aliphatic rings. The predicted molar refractivity (Wildman–Crippen MR) is 63.8 cm³/mol. The zero-order valence-corrected chi connectivity index (χ0v) is 10.8. The smallest absolute Gasteiger partial charge is 0.314 e. The van der Waals surface area contributed by atoms with E-state index in [0.717, 1.165) is 11.1 Å². The fourth-order valence-electron chi connectivity index (χ4n) is 2.24. The third-order valence-electron chi connectivity index (χ3n) is 3.26. The van der Waals surface area contributed by atoms with Gasteiger partial charge in [0.15, 0.2) is 0 Å². The van der Waals surface area contributed by atoms with Gasteiger partial charge in [0, 0.05) is 5.56 Å². The number of aryl methyl sites for hydroxylation is 2. The van der Waals surface area contributed by atoms with Gasteiger partial charge in [-0.2, -0.15) is 0 Å². The summed E-state index contributed by atoms with van der Waals surface area (Å²) in [6, 6.07) is 1.90. The number of rotatable bonds is 2. The maximum absolute atomic E-state index is 11.3. The van der Waals surface area contributed by atoms with Crippen LogP contribution in [0.4, 0.5) is 0 Å². The van der Waals surface area contributed by atoms with Crippen molar-refractivity contribution in [3.05, 3.63) is 27.2 Å². The molecular weight excluding hydrogens is 272 g/mol. The molecule has 1 saturated carbocycles. The monoisotopic (exact) mass is 284 g/mol. The number of benzene rings is 1. The Morgan fingerprint density at radius 2 is 1.94 bits per heavy atom. The standard InChI is InChI=1S/C12H13BrO3/c1-6-5-7(2)9(13)10(14)8(6)12(3-4-12)11(15)16/h5,14H,3-4H2,1-2H3,(H,15,16). The minimum Gasteiger partial charge on any atom is -0.506 e. The highest BCUT2D eigenvalue weighted by molar-refractivity contribution is 9.10. The summed E-state index contributed by atoms with van der Waals surface area (Å²) in [5, 5.41) is 19.3. The van der Waals surface area contributed by atoms with Crippen LogP contribution >= 0.6 is 15.9 Å². The minimum atomic E-state index is -0.857. The molecule has 0 unspecified atom stereocenters. The molecule has 0 heterocycles. The van der Waals surface area contributed by atoms with Crippen molar-refractivity contribution in [3.63, 3.8) is 0 Å². The molecule has 0 radical (unpaired) electrons. The third-order valence-corrected chi connectivity index (χ3v) is 4.26. The topological polar surface area (TPSA) is 57.5 Å². The quantitative estimate of drug-likeness (QED) is 0.878. The van der Waals surface area contributed by atoms with Crippen molar-refractivity contribution in [1.82, 2.24) is 0 Å². The molecule has 2 N–H and O–H groups in total. The van der Waals surface area contributed by atoms with E-state index in [9.17, 15) is 15.0 Å². The zero-order chi connectivity index (χ0) is 12.1. The van der Waals surface area contributed by atoms with Gasteiger partial charge in [-0.05, 0) is 53.7 Å². The minimum absolute atomic E-state index is 0.0809. The number of phenolic OH excluding ortho intramolecular Hbond substituents is 1. The molecule has 0 amide bonds. The van der Waals surface area contributed by atoms with Crippen molar-refractivity contribution < 1.29 is 15.0 Å². The number of hydrogen-bond acceptors (Lipinski definition) is 2. The number of aromatic hydroxyl groups is 1. The van der Waals surface area contributed by atoms with E-state index >= 15 is 0 Å². The molecule has 0 aliphatic heterocycles. The summed E-state index contributed by atoms with van der Waals surface area (Å²) >= 11 is 3.29. The summed E-state index contributed by atoms with van der Waals surface area (Å²) in [5.74, 6) is -0.765. The first kappa shape index (κ1) is 11.5. The summed E-state index contributed by atoms with van der Waals surface area (Å²) in [6.07, 6.45) is 1.21. The van der Waals surface area contributed by atoms with Crippen molar-refractivity contribution in [3.8, 4) is 5.75 Å². The third kappa shape index (κ3) is 1.44. The van der Waals surface area contributed by atoms with E-state index in [1.165, 1.54) is 0 Å². The van der Waals surface area contributed by atoms with Gasteiger partial charge in [-0.3, -0.25) is 4.79 Å². The van der Waals surface area contributed by atoms with Crippen LogP contribution in [0, 0.1) is 13.8 Å². The molecule has 0 bridgehead atoms. The summed E-state index contributed by atoms with van der Waals surface area (Å²) < 4.78 is 0.598. The number of carboxylic acid groups (broad SMARTS) is 1. The van der Waals surface area contributed by atoms with Gasteiger partial charge < -0.3 is 10.2 Å². The molecule has 1 aliphatic carbocycles. The molecule has 1 fully saturated rings. The fourth-order valence-corrected chi connectivity index (χ4v) is 2.56. The van der Waals surface area contributed by atoms with E-state index in [0.29, 0.717) is 22.9 Å². The number of halogens is 1. The molecule has 1 aromatic rings. The van der Waals surface area contributed by atoms with Crippen molar-refractivity contribution in [2.45, 2.75) is 32.1 Å². The normalized spacial score (nSPS) is 17.2. The summed E-state index contributed by atoms with van der Waals surface area (Å²) in [7, 11) is 0. The number of phenols is 1. The van der Waals surface area contributed by atoms with Gasteiger partial charge >= 0.3 is 5.97 Å². The first-order valence-corrected chi connectivity index (χ1v) is 5.92. The molecule has 1 aromatic carbocycles. The fraction of sp³-hybridized carbons (Fsp3) is 0.417. The molecule has 86 valence electrons. The lowest BCUT2D eigenvalue weighted by atomic mass is 9.90. The van der Waals surface area contributed by atoms with E-state index in [2.05, 4.69) is 15.9 Å². The van der Waals surface area contributed by atoms with Crippen molar-refractivity contribution in [2.75, 3.05) is 0 Å². The second-order valence-corrected chi connectivity index (χ2v) is 5.23. The van der Waals surface area contributed by atoms with Gasteiger partial charge in [0.05, 0.1) is 9.89 Å². The van der Waals surface area contributed by atoms with E-state index in [1.807, 2.05) is 19.9 Å². The lowest BCUT2D eigenvalue weighted by Crippen LogP contribution is -2.21. The van der Waals surface area contributed by atoms with Crippen LogP contribution < -0.4 is 0 Å². The Balaban J connectivity index is 2.67. The molecule has 4 heteroatoms. The number of carbonyl (C=O) groups is 1. The second kappa shape index (κ2) is 3.48. The van der Waals surface area contributed by atoms with E-state index < -0.39 is 11.4 Å². The summed E-state index contributed by atoms with van der Waals surface area (Å²) in [4.78, 5) is 11.3. The van der Waals surface area contributed by atoms with Gasteiger partial charge in [-0.1, -0.05) is 6.07 Å². The zero-order valence-electron chi connectivity index (χ0n) is 9.17. The number of aliphatic carboxylic acids is 1. The molecule has 0 aromatic heterocycles. The van der Waals surface area contributed by atoms with Gasteiger partial charge in [0.25, 0.3) is 0 Å². The highest BCUT2D eigenvalue weighted by atomic mass is 79.9. The Bertz CT molecular complexity index is 476. The van der Waals surface area contributed by atoms with E-state index in [1.54, 1.807) is 0 Å². The number of carboxylic acids is 1. The Hall–Kier alpha value is -1.03. The van der Waals surface area contributed by atoms with Gasteiger partial charge in [0.2, 0.25) is 0 Å². The average Bonchev–Trinajstić information content (AvgIpc) is 2.96. The van der Waals surface area contributed by atoms with Crippen LogP contribution in [-0.2, 0) is 10.2 Å². The first-order chi connectivity index (χ1) is 7.40. The van der Waals surface area contributed by atoms with Crippen LogP contribution in [0.3, 0.4) is 0 Å². The van der Waals surface area contributed by atoms with Crippen LogP contribution in [0.1, 0.15) is 29.5 Å². The Morgan fingerprint density at radius 3 is 2.38 bits per heavy atom. The SMILES string of the molecule is Cc1cc(C)c(C2(C(=O)O)CC2)c(O)c1Br. The van der Waals surface area contributed by atoms with Crippen LogP contribution in [0.15, 0.2) is 10.5 Å². The van der Waals surface area contributed by atoms with E-state index in [-0.39, 0.29) is 5.75 Å². The van der Waals surface area contributed by atoms with Crippen LogP contribution in [0.5, 0.6) is 5.75 Å². The second-order valence-electron chi connectivity index (χ2n) is 4.44. The van der Waals surface area contributed by atoms with Gasteiger partial charge in [-0.25, -0.2) is 0 Å². The maximum Gasteiger partial charge on any atom is 0.314 e. The largest absolute Gasteiger partial charge is 0.506 e. The predicted octanol–water partition coefficient (Wildman–Crippen LogP) is 2.89. The molecular formula is C12H13BrO3. The molecule has 16 heavy (non-hydrogen) atoms. The number of hydrogen-bond donors (Lipinski definition) is 2. The Morgan fingerprint density at radius 1 is 1.38 bits per heavy atom. The van der Waals surface area contributed by atoms with Crippen molar-refractivity contribution >= 4 is 21.9 Å². The molecule has 2 rings (SSSR count). The van der Waals surface area contributed by atoms with Gasteiger partial charge in [0.1, 0.15) is 5.75 Å². The molecule has 0 spiro atoms. The molecule has 0 saturated heterocycles. The lowest BCUT2D eigenvalue weighted by Gasteiger charge is -2.17. The highest BCUT2D eigenvalue weighted by Crippen LogP contribution is 2.54. The van der Waals surface area contributed by atoms with Gasteiger partial charge in [-0.15, -0.1) is 0 Å². The van der Waals surface area contributed by atoms with Crippen molar-refractivity contribution in [1.29, 1.82) is 0 Å². The van der Waals surface area contributed by atoms with Crippen LogP contribution in [0.25, 0.3) is 0 Å². The summed E-state index contributed by atoms with van der Waals surface area (Å²) in [6.45, 7) is 3.72. The van der Waals surface area contributed by atoms with Crippen molar-refractivity contribution in [2.24, 2.45) is 0 Å². The molecule has 3 nitrogen and oxygen atoms in total. The van der Waals surface area contributed by atoms with Crippen LogP contribution in [-0.4, -0.2) is 16.2 Å². The highest BCUT2D eigenvalue weighted by Gasteiger charge is 2.54. The Kier molecular flexibility index (Phi) is 2.49. The lowest BCUT2D eigenvalue weighted by molar-refractivity contribution is -0.140.